The molecular weight excluding hydrogens is 254 g/mol. The number of benzene rings is 1. The van der Waals surface area contributed by atoms with E-state index in [4.69, 9.17) is 9.15 Å². The van der Waals surface area contributed by atoms with Crippen LogP contribution < -0.4 is 0 Å². The average molecular weight is 271 g/mol. The zero-order valence-corrected chi connectivity index (χ0v) is 11.4. The molecule has 0 aliphatic carbocycles. The van der Waals surface area contributed by atoms with E-state index >= 15 is 0 Å². The molecule has 1 saturated heterocycles. The van der Waals surface area contributed by atoms with E-state index < -0.39 is 0 Å². The van der Waals surface area contributed by atoms with Gasteiger partial charge in [0.15, 0.2) is 5.76 Å². The van der Waals surface area contributed by atoms with Crippen molar-refractivity contribution >= 4 is 5.91 Å². The number of ether oxygens (including phenoxy) is 1. The molecule has 0 bridgehead atoms. The standard InChI is InChI=1S/C16H17NO3/c1-12-11-17(8-10-19-12)16(18)15-14(7-9-20-15)13-5-3-2-4-6-13/h2-7,9,12H,8,10-11H2,1H3. The lowest BCUT2D eigenvalue weighted by Crippen LogP contribution is -2.44. The van der Waals surface area contributed by atoms with E-state index in [1.54, 1.807) is 11.2 Å². The van der Waals surface area contributed by atoms with Gasteiger partial charge in [-0.1, -0.05) is 30.3 Å². The maximum atomic E-state index is 12.6. The third-order valence-corrected chi connectivity index (χ3v) is 3.47. The second-order valence-electron chi connectivity index (χ2n) is 4.96. The predicted molar refractivity (Wildman–Crippen MR) is 75.5 cm³/mol. The zero-order chi connectivity index (χ0) is 13.9. The molecule has 1 aromatic heterocycles. The molecule has 1 unspecified atom stereocenters. The van der Waals surface area contributed by atoms with Crippen molar-refractivity contribution in [1.82, 2.24) is 4.90 Å². The summed E-state index contributed by atoms with van der Waals surface area (Å²) < 4.78 is 10.9. The van der Waals surface area contributed by atoms with Gasteiger partial charge in [-0.3, -0.25) is 4.79 Å². The number of amides is 1. The number of carbonyl (C=O) groups is 1. The van der Waals surface area contributed by atoms with Gasteiger partial charge in [-0.15, -0.1) is 0 Å². The summed E-state index contributed by atoms with van der Waals surface area (Å²) >= 11 is 0. The van der Waals surface area contributed by atoms with Crippen LogP contribution >= 0.6 is 0 Å². The summed E-state index contributed by atoms with van der Waals surface area (Å²) in [6.45, 7) is 3.76. The molecule has 0 radical (unpaired) electrons. The van der Waals surface area contributed by atoms with Gasteiger partial charge in [0.05, 0.1) is 19.0 Å². The number of furan rings is 1. The fourth-order valence-corrected chi connectivity index (χ4v) is 2.47. The van der Waals surface area contributed by atoms with Crippen LogP contribution in [-0.4, -0.2) is 36.6 Å². The molecule has 1 aliphatic rings. The average Bonchev–Trinajstić information content (AvgIpc) is 2.97. The lowest BCUT2D eigenvalue weighted by atomic mass is 10.1. The third-order valence-electron chi connectivity index (χ3n) is 3.47. The lowest BCUT2D eigenvalue weighted by Gasteiger charge is -2.30. The molecule has 0 spiro atoms. The van der Waals surface area contributed by atoms with E-state index in [9.17, 15) is 4.79 Å². The number of nitrogens with zero attached hydrogens (tertiary/aromatic N) is 1. The van der Waals surface area contributed by atoms with Crippen LogP contribution in [-0.2, 0) is 4.74 Å². The Bertz CT molecular complexity index is 591. The first-order chi connectivity index (χ1) is 9.75. The molecule has 3 rings (SSSR count). The Labute approximate surface area is 118 Å². The van der Waals surface area contributed by atoms with Crippen molar-refractivity contribution in [1.29, 1.82) is 0 Å². The molecule has 4 nitrogen and oxygen atoms in total. The third kappa shape index (κ3) is 2.47. The summed E-state index contributed by atoms with van der Waals surface area (Å²) in [5.41, 5.74) is 1.83. The van der Waals surface area contributed by atoms with Crippen LogP contribution in [0.2, 0.25) is 0 Å². The van der Waals surface area contributed by atoms with Crippen molar-refractivity contribution in [2.45, 2.75) is 13.0 Å². The Balaban J connectivity index is 1.88. The molecule has 2 heterocycles. The zero-order valence-electron chi connectivity index (χ0n) is 11.4. The van der Waals surface area contributed by atoms with Gasteiger partial charge in [0, 0.05) is 18.7 Å². The highest BCUT2D eigenvalue weighted by atomic mass is 16.5. The molecule has 0 saturated carbocycles. The minimum Gasteiger partial charge on any atom is -0.459 e. The molecule has 1 aliphatic heterocycles. The number of carbonyl (C=O) groups excluding carboxylic acids is 1. The Kier molecular flexibility index (Phi) is 3.56. The molecule has 104 valence electrons. The Morgan fingerprint density at radius 1 is 1.25 bits per heavy atom. The monoisotopic (exact) mass is 271 g/mol. The summed E-state index contributed by atoms with van der Waals surface area (Å²) in [5.74, 6) is 0.342. The molecular formula is C16H17NO3. The van der Waals surface area contributed by atoms with Gasteiger partial charge < -0.3 is 14.1 Å². The Hall–Kier alpha value is -2.07. The summed E-state index contributed by atoms with van der Waals surface area (Å²) in [5, 5.41) is 0. The van der Waals surface area contributed by atoms with E-state index in [-0.39, 0.29) is 12.0 Å². The molecule has 1 fully saturated rings. The lowest BCUT2D eigenvalue weighted by molar-refractivity contribution is -0.0134. The summed E-state index contributed by atoms with van der Waals surface area (Å²) in [6.07, 6.45) is 1.64. The van der Waals surface area contributed by atoms with Crippen LogP contribution in [0, 0.1) is 0 Å². The van der Waals surface area contributed by atoms with E-state index in [1.807, 2.05) is 43.3 Å². The van der Waals surface area contributed by atoms with Crippen molar-refractivity contribution in [2.24, 2.45) is 0 Å². The van der Waals surface area contributed by atoms with Crippen LogP contribution in [0.25, 0.3) is 11.1 Å². The second-order valence-corrected chi connectivity index (χ2v) is 4.96. The molecule has 1 atom stereocenters. The first kappa shape index (κ1) is 12.9. The molecule has 1 aromatic carbocycles. The highest BCUT2D eigenvalue weighted by Gasteiger charge is 2.26. The van der Waals surface area contributed by atoms with Crippen LogP contribution in [0.5, 0.6) is 0 Å². The summed E-state index contributed by atoms with van der Waals surface area (Å²) in [4.78, 5) is 14.4. The van der Waals surface area contributed by atoms with Gasteiger partial charge in [0.2, 0.25) is 0 Å². The number of hydrogen-bond acceptors (Lipinski definition) is 3. The van der Waals surface area contributed by atoms with Gasteiger partial charge in [0.25, 0.3) is 5.91 Å². The van der Waals surface area contributed by atoms with Crippen LogP contribution in [0.15, 0.2) is 47.1 Å². The first-order valence-electron chi connectivity index (χ1n) is 6.79. The fourth-order valence-electron chi connectivity index (χ4n) is 2.47. The number of rotatable bonds is 2. The Morgan fingerprint density at radius 2 is 2.05 bits per heavy atom. The van der Waals surface area contributed by atoms with Crippen molar-refractivity contribution in [2.75, 3.05) is 19.7 Å². The largest absolute Gasteiger partial charge is 0.459 e. The summed E-state index contributed by atoms with van der Waals surface area (Å²) in [7, 11) is 0. The normalized spacial score (nSPS) is 19.1. The molecule has 20 heavy (non-hydrogen) atoms. The molecule has 2 aromatic rings. The highest BCUT2D eigenvalue weighted by Crippen LogP contribution is 2.26. The SMILES string of the molecule is CC1CN(C(=O)c2occc2-c2ccccc2)CCO1. The molecule has 0 N–H and O–H groups in total. The van der Waals surface area contributed by atoms with Crippen molar-refractivity contribution in [3.8, 4) is 11.1 Å². The van der Waals surface area contributed by atoms with Crippen LogP contribution in [0.3, 0.4) is 0 Å². The van der Waals surface area contributed by atoms with E-state index in [0.29, 0.717) is 25.5 Å². The maximum absolute atomic E-state index is 12.6. The quantitative estimate of drug-likeness (QED) is 0.843. The maximum Gasteiger partial charge on any atom is 0.290 e. The topological polar surface area (TPSA) is 42.7 Å². The van der Waals surface area contributed by atoms with Crippen LogP contribution in [0.4, 0.5) is 0 Å². The Morgan fingerprint density at radius 3 is 2.80 bits per heavy atom. The van der Waals surface area contributed by atoms with Crippen molar-refractivity contribution < 1.29 is 13.9 Å². The number of morpholine rings is 1. The first-order valence-corrected chi connectivity index (χ1v) is 6.79. The van der Waals surface area contributed by atoms with Gasteiger partial charge in [0.1, 0.15) is 0 Å². The predicted octanol–water partition coefficient (Wildman–Crippen LogP) is 2.81. The smallest absolute Gasteiger partial charge is 0.290 e. The minimum absolute atomic E-state index is 0.0657. The van der Waals surface area contributed by atoms with Gasteiger partial charge >= 0.3 is 0 Å². The van der Waals surface area contributed by atoms with Gasteiger partial charge in [-0.05, 0) is 18.6 Å². The molecule has 1 amide bonds. The van der Waals surface area contributed by atoms with Crippen molar-refractivity contribution in [3.05, 3.63) is 48.4 Å². The van der Waals surface area contributed by atoms with Gasteiger partial charge in [-0.25, -0.2) is 0 Å². The summed E-state index contributed by atoms with van der Waals surface area (Å²) in [6, 6.07) is 11.6. The number of hydrogen-bond donors (Lipinski definition) is 0. The second kappa shape index (κ2) is 5.51. The van der Waals surface area contributed by atoms with E-state index in [0.717, 1.165) is 11.1 Å². The highest BCUT2D eigenvalue weighted by molar-refractivity contribution is 5.98. The molecule has 4 heteroatoms. The minimum atomic E-state index is -0.0657. The van der Waals surface area contributed by atoms with Crippen LogP contribution in [0.1, 0.15) is 17.5 Å². The van der Waals surface area contributed by atoms with E-state index in [1.165, 1.54) is 0 Å². The van der Waals surface area contributed by atoms with E-state index in [2.05, 4.69) is 0 Å². The van der Waals surface area contributed by atoms with Crippen molar-refractivity contribution in [3.63, 3.8) is 0 Å². The van der Waals surface area contributed by atoms with Gasteiger partial charge in [-0.2, -0.15) is 0 Å². The fraction of sp³-hybridized carbons (Fsp3) is 0.312.